The molecule has 1 amide bonds. The highest BCUT2D eigenvalue weighted by atomic mass is 16.5. The number of nitrogens with one attached hydrogen (secondary N) is 1. The Labute approximate surface area is 89.4 Å². The second-order valence-electron chi connectivity index (χ2n) is 3.53. The molecule has 0 aliphatic carbocycles. The molecule has 0 unspecified atom stereocenters. The second kappa shape index (κ2) is 5.36. The Morgan fingerprint density at radius 1 is 1.40 bits per heavy atom. The molecule has 4 heteroatoms. The first kappa shape index (κ1) is 11.5. The number of hydrogen-bond donors (Lipinski definition) is 2. The minimum absolute atomic E-state index is 0.0576. The van der Waals surface area contributed by atoms with Crippen molar-refractivity contribution in [3.63, 3.8) is 0 Å². The van der Waals surface area contributed by atoms with Crippen molar-refractivity contribution in [2.45, 2.75) is 20.0 Å². The number of hydrogen-bond acceptors (Lipinski definition) is 3. The van der Waals surface area contributed by atoms with Crippen molar-refractivity contribution in [1.29, 1.82) is 0 Å². The van der Waals surface area contributed by atoms with E-state index in [0.717, 1.165) is 5.69 Å². The van der Waals surface area contributed by atoms with Crippen molar-refractivity contribution in [2.24, 2.45) is 0 Å². The first-order valence-electron chi connectivity index (χ1n) is 4.85. The molecule has 0 bridgehead atoms. The molecule has 0 saturated carbocycles. The van der Waals surface area contributed by atoms with Gasteiger partial charge in [-0.3, -0.25) is 4.79 Å². The molecule has 0 aromatic heterocycles. The predicted octanol–water partition coefficient (Wildman–Crippen LogP) is 1.63. The van der Waals surface area contributed by atoms with Gasteiger partial charge in [-0.15, -0.1) is 0 Å². The zero-order valence-corrected chi connectivity index (χ0v) is 8.99. The van der Waals surface area contributed by atoms with Gasteiger partial charge in [0.1, 0.15) is 6.61 Å². The summed E-state index contributed by atoms with van der Waals surface area (Å²) in [5, 5.41) is 2.70. The predicted molar refractivity (Wildman–Crippen MR) is 60.6 cm³/mol. The van der Waals surface area contributed by atoms with Gasteiger partial charge in [0.2, 0.25) is 5.91 Å². The van der Waals surface area contributed by atoms with Crippen molar-refractivity contribution in [2.75, 3.05) is 17.7 Å². The van der Waals surface area contributed by atoms with Crippen molar-refractivity contribution in [1.82, 2.24) is 0 Å². The quantitative estimate of drug-likeness (QED) is 0.739. The van der Waals surface area contributed by atoms with Crippen LogP contribution in [0.2, 0.25) is 0 Å². The third-order valence-electron chi connectivity index (χ3n) is 1.74. The maximum atomic E-state index is 11.3. The molecular formula is C11H16N2O2. The van der Waals surface area contributed by atoms with E-state index in [-0.39, 0.29) is 18.6 Å². The molecule has 4 nitrogen and oxygen atoms in total. The molecule has 0 spiro atoms. The Bertz CT molecular complexity index is 320. The molecule has 0 aliphatic heterocycles. The Morgan fingerprint density at radius 3 is 2.53 bits per heavy atom. The van der Waals surface area contributed by atoms with Crippen LogP contribution < -0.4 is 11.1 Å². The standard InChI is InChI=1S/C11H16N2O2/c1-8(2)15-7-11(14)13-10-5-3-9(12)4-6-10/h3-6,8H,7,12H2,1-2H3,(H,13,14). The van der Waals surface area contributed by atoms with Gasteiger partial charge in [0, 0.05) is 11.4 Å². The largest absolute Gasteiger partial charge is 0.399 e. The SMILES string of the molecule is CC(C)OCC(=O)Nc1ccc(N)cc1. The molecule has 0 radical (unpaired) electrons. The maximum absolute atomic E-state index is 11.3. The number of nitrogens with two attached hydrogens (primary N) is 1. The average molecular weight is 208 g/mol. The van der Waals surface area contributed by atoms with Crippen LogP contribution in [-0.4, -0.2) is 18.6 Å². The molecule has 82 valence electrons. The summed E-state index contributed by atoms with van der Waals surface area (Å²) in [7, 11) is 0. The topological polar surface area (TPSA) is 64.3 Å². The highest BCUT2D eigenvalue weighted by Gasteiger charge is 2.03. The first-order valence-corrected chi connectivity index (χ1v) is 4.85. The lowest BCUT2D eigenvalue weighted by molar-refractivity contribution is -0.121. The van der Waals surface area contributed by atoms with Crippen molar-refractivity contribution in [3.8, 4) is 0 Å². The molecule has 0 heterocycles. The summed E-state index contributed by atoms with van der Waals surface area (Å²) in [6, 6.07) is 6.98. The zero-order valence-electron chi connectivity index (χ0n) is 8.99. The minimum atomic E-state index is -0.159. The van der Waals surface area contributed by atoms with Crippen LogP contribution in [0.25, 0.3) is 0 Å². The van der Waals surface area contributed by atoms with Crippen LogP contribution in [-0.2, 0) is 9.53 Å². The summed E-state index contributed by atoms with van der Waals surface area (Å²) in [6.07, 6.45) is 0.0576. The van der Waals surface area contributed by atoms with Gasteiger partial charge in [0.25, 0.3) is 0 Å². The van der Waals surface area contributed by atoms with Gasteiger partial charge in [-0.25, -0.2) is 0 Å². The molecule has 0 atom stereocenters. The third kappa shape index (κ3) is 4.46. The average Bonchev–Trinajstić information content (AvgIpc) is 2.19. The fourth-order valence-electron chi connectivity index (χ4n) is 1.01. The summed E-state index contributed by atoms with van der Waals surface area (Å²) in [5.74, 6) is -0.159. The number of ether oxygens (including phenoxy) is 1. The van der Waals surface area contributed by atoms with Crippen LogP contribution >= 0.6 is 0 Å². The van der Waals surface area contributed by atoms with Crippen LogP contribution in [0.4, 0.5) is 11.4 Å². The Hall–Kier alpha value is -1.55. The van der Waals surface area contributed by atoms with E-state index >= 15 is 0 Å². The van der Waals surface area contributed by atoms with E-state index in [1.807, 2.05) is 13.8 Å². The van der Waals surface area contributed by atoms with E-state index < -0.39 is 0 Å². The Morgan fingerprint density at radius 2 is 2.00 bits per heavy atom. The molecule has 15 heavy (non-hydrogen) atoms. The summed E-state index contributed by atoms with van der Waals surface area (Å²) in [6.45, 7) is 3.84. The molecule has 0 aliphatic rings. The summed E-state index contributed by atoms with van der Waals surface area (Å²) >= 11 is 0. The van der Waals surface area contributed by atoms with E-state index in [9.17, 15) is 4.79 Å². The fraction of sp³-hybridized carbons (Fsp3) is 0.364. The molecule has 1 aromatic rings. The van der Waals surface area contributed by atoms with Gasteiger partial charge in [-0.05, 0) is 38.1 Å². The van der Waals surface area contributed by atoms with Crippen LogP contribution in [0.1, 0.15) is 13.8 Å². The minimum Gasteiger partial charge on any atom is -0.399 e. The van der Waals surface area contributed by atoms with Gasteiger partial charge in [-0.2, -0.15) is 0 Å². The van der Waals surface area contributed by atoms with Crippen LogP contribution in [0.15, 0.2) is 24.3 Å². The molecule has 3 N–H and O–H groups in total. The van der Waals surface area contributed by atoms with Crippen molar-refractivity contribution in [3.05, 3.63) is 24.3 Å². The lowest BCUT2D eigenvalue weighted by Crippen LogP contribution is -2.20. The van der Waals surface area contributed by atoms with Gasteiger partial charge in [-0.1, -0.05) is 0 Å². The highest BCUT2D eigenvalue weighted by molar-refractivity contribution is 5.91. The molecule has 1 aromatic carbocycles. The number of carbonyl (C=O) groups excluding carboxylic acids is 1. The fourth-order valence-corrected chi connectivity index (χ4v) is 1.01. The summed E-state index contributed by atoms with van der Waals surface area (Å²) in [5.41, 5.74) is 6.91. The summed E-state index contributed by atoms with van der Waals surface area (Å²) in [4.78, 5) is 11.3. The highest BCUT2D eigenvalue weighted by Crippen LogP contribution is 2.10. The monoisotopic (exact) mass is 208 g/mol. The van der Waals surface area contributed by atoms with E-state index in [0.29, 0.717) is 5.69 Å². The summed E-state index contributed by atoms with van der Waals surface area (Å²) < 4.78 is 5.16. The number of rotatable bonds is 4. The van der Waals surface area contributed by atoms with Crippen LogP contribution in [0.3, 0.4) is 0 Å². The Kier molecular flexibility index (Phi) is 4.12. The maximum Gasteiger partial charge on any atom is 0.250 e. The normalized spacial score (nSPS) is 10.3. The number of benzene rings is 1. The lowest BCUT2D eigenvalue weighted by atomic mass is 10.3. The van der Waals surface area contributed by atoms with Crippen LogP contribution in [0, 0.1) is 0 Å². The molecule has 1 rings (SSSR count). The van der Waals surface area contributed by atoms with E-state index in [1.165, 1.54) is 0 Å². The Balaban J connectivity index is 2.41. The zero-order chi connectivity index (χ0) is 11.3. The second-order valence-corrected chi connectivity index (χ2v) is 3.53. The van der Waals surface area contributed by atoms with Gasteiger partial charge in [0.05, 0.1) is 6.10 Å². The molecule has 0 fully saturated rings. The van der Waals surface area contributed by atoms with Crippen molar-refractivity contribution < 1.29 is 9.53 Å². The molecular weight excluding hydrogens is 192 g/mol. The molecule has 0 saturated heterocycles. The third-order valence-corrected chi connectivity index (χ3v) is 1.74. The van der Waals surface area contributed by atoms with E-state index in [1.54, 1.807) is 24.3 Å². The smallest absolute Gasteiger partial charge is 0.250 e. The van der Waals surface area contributed by atoms with Gasteiger partial charge >= 0.3 is 0 Å². The number of carbonyl (C=O) groups is 1. The first-order chi connectivity index (χ1) is 7.08. The van der Waals surface area contributed by atoms with E-state index in [4.69, 9.17) is 10.5 Å². The van der Waals surface area contributed by atoms with Crippen molar-refractivity contribution >= 4 is 17.3 Å². The number of nitrogen functional groups attached to an aromatic ring is 1. The van der Waals surface area contributed by atoms with Gasteiger partial charge in [0.15, 0.2) is 0 Å². The van der Waals surface area contributed by atoms with Crippen LogP contribution in [0.5, 0.6) is 0 Å². The van der Waals surface area contributed by atoms with Gasteiger partial charge < -0.3 is 15.8 Å². The van der Waals surface area contributed by atoms with E-state index in [2.05, 4.69) is 5.32 Å². The number of anilines is 2. The lowest BCUT2D eigenvalue weighted by Gasteiger charge is -2.08. The number of amides is 1.